The van der Waals surface area contributed by atoms with E-state index in [0.29, 0.717) is 23.1 Å². The monoisotopic (exact) mass is 679 g/mol. The summed E-state index contributed by atoms with van der Waals surface area (Å²) in [4.78, 5) is 24.2. The smallest absolute Gasteiger partial charge is 0.180 e. The molecular formula is C47H29N5O. The standard InChI is InChI=1S/C47H29N5O/c1-3-10-30(11-4-1)31-18-22-35(23-19-31)46-50-45(34-13-5-2-6-14-34)51-47(52-46)36-24-20-32(21-25-36)37-15-9-16-38(28-37)42-44-43(49-29-48-42)41-39-17-8-7-12-33(39)26-27-40(41)53-44/h1-29H. The average molecular weight is 680 g/mol. The number of nitrogens with zero attached hydrogens (tertiary/aromatic N) is 5. The number of fused-ring (bicyclic) bond motifs is 5. The summed E-state index contributed by atoms with van der Waals surface area (Å²) in [6.45, 7) is 0. The van der Waals surface area contributed by atoms with Gasteiger partial charge in [-0.15, -0.1) is 0 Å². The third-order valence-electron chi connectivity index (χ3n) is 9.67. The van der Waals surface area contributed by atoms with Gasteiger partial charge in [-0.1, -0.05) is 158 Å². The lowest BCUT2D eigenvalue weighted by Crippen LogP contribution is -2.00. The lowest BCUT2D eigenvalue weighted by molar-refractivity contribution is 0.667. The van der Waals surface area contributed by atoms with Crippen LogP contribution in [0, 0.1) is 0 Å². The Morgan fingerprint density at radius 1 is 0.377 bits per heavy atom. The highest BCUT2D eigenvalue weighted by atomic mass is 16.3. The maximum Gasteiger partial charge on any atom is 0.180 e. The van der Waals surface area contributed by atoms with Gasteiger partial charge < -0.3 is 4.42 Å². The fraction of sp³-hybridized carbons (Fsp3) is 0. The molecule has 6 heteroatoms. The summed E-state index contributed by atoms with van der Waals surface area (Å²) in [6.07, 6.45) is 1.63. The van der Waals surface area contributed by atoms with E-state index in [1.165, 1.54) is 5.56 Å². The lowest BCUT2D eigenvalue weighted by atomic mass is 10.00. The summed E-state index contributed by atoms with van der Waals surface area (Å²) >= 11 is 0. The maximum atomic E-state index is 6.42. The zero-order chi connectivity index (χ0) is 35.1. The van der Waals surface area contributed by atoms with Crippen LogP contribution in [0.1, 0.15) is 0 Å². The first kappa shape index (κ1) is 30.5. The molecule has 0 fully saturated rings. The van der Waals surface area contributed by atoms with Gasteiger partial charge in [0.25, 0.3) is 0 Å². The first-order valence-corrected chi connectivity index (χ1v) is 17.5. The van der Waals surface area contributed by atoms with Crippen molar-refractivity contribution in [2.45, 2.75) is 0 Å². The molecular weight excluding hydrogens is 651 g/mol. The van der Waals surface area contributed by atoms with Crippen molar-refractivity contribution in [1.29, 1.82) is 0 Å². The second-order valence-corrected chi connectivity index (χ2v) is 12.9. The number of rotatable bonds is 6. The van der Waals surface area contributed by atoms with E-state index in [2.05, 4.69) is 120 Å². The van der Waals surface area contributed by atoms with Crippen molar-refractivity contribution in [3.8, 4) is 67.7 Å². The summed E-state index contributed by atoms with van der Waals surface area (Å²) < 4.78 is 6.42. The van der Waals surface area contributed by atoms with Crippen LogP contribution in [-0.4, -0.2) is 24.9 Å². The van der Waals surface area contributed by atoms with E-state index in [-0.39, 0.29) is 0 Å². The fourth-order valence-corrected chi connectivity index (χ4v) is 7.00. The normalized spacial score (nSPS) is 11.4. The van der Waals surface area contributed by atoms with Crippen LogP contribution in [0.4, 0.5) is 0 Å². The highest BCUT2D eigenvalue weighted by molar-refractivity contribution is 6.18. The van der Waals surface area contributed by atoms with E-state index in [4.69, 9.17) is 24.4 Å². The molecule has 3 aromatic heterocycles. The third-order valence-corrected chi connectivity index (χ3v) is 9.67. The van der Waals surface area contributed by atoms with Gasteiger partial charge >= 0.3 is 0 Å². The van der Waals surface area contributed by atoms with Crippen molar-refractivity contribution in [3.05, 3.63) is 176 Å². The molecule has 0 saturated carbocycles. The zero-order valence-electron chi connectivity index (χ0n) is 28.4. The maximum absolute atomic E-state index is 6.42. The molecule has 0 spiro atoms. The Hall–Kier alpha value is -7.31. The predicted molar refractivity (Wildman–Crippen MR) is 213 cm³/mol. The minimum atomic E-state index is 0.613. The molecule has 0 aliphatic heterocycles. The summed E-state index contributed by atoms with van der Waals surface area (Å²) in [5, 5.41) is 3.27. The van der Waals surface area contributed by atoms with Gasteiger partial charge in [0.1, 0.15) is 23.1 Å². The van der Waals surface area contributed by atoms with Crippen molar-refractivity contribution in [3.63, 3.8) is 0 Å². The van der Waals surface area contributed by atoms with Gasteiger partial charge in [-0.3, -0.25) is 0 Å². The highest BCUT2D eigenvalue weighted by Crippen LogP contribution is 2.38. The molecule has 0 saturated heterocycles. The van der Waals surface area contributed by atoms with Crippen molar-refractivity contribution in [2.24, 2.45) is 0 Å². The van der Waals surface area contributed by atoms with Gasteiger partial charge in [0.15, 0.2) is 23.1 Å². The molecule has 7 aromatic carbocycles. The molecule has 6 nitrogen and oxygen atoms in total. The minimum absolute atomic E-state index is 0.613. The summed E-state index contributed by atoms with van der Waals surface area (Å²) in [5.41, 5.74) is 11.2. The van der Waals surface area contributed by atoms with E-state index in [1.807, 2.05) is 54.6 Å². The number of hydrogen-bond donors (Lipinski definition) is 0. The van der Waals surface area contributed by atoms with Crippen molar-refractivity contribution < 1.29 is 4.42 Å². The molecule has 0 bridgehead atoms. The average Bonchev–Trinajstić information content (AvgIpc) is 3.64. The summed E-state index contributed by atoms with van der Waals surface area (Å²) in [7, 11) is 0. The minimum Gasteiger partial charge on any atom is -0.452 e. The van der Waals surface area contributed by atoms with Crippen LogP contribution in [0.5, 0.6) is 0 Å². The quantitative estimate of drug-likeness (QED) is 0.174. The Balaban J connectivity index is 1.01. The van der Waals surface area contributed by atoms with Crippen LogP contribution in [-0.2, 0) is 0 Å². The fourth-order valence-electron chi connectivity index (χ4n) is 7.00. The molecule has 0 atom stereocenters. The number of aromatic nitrogens is 5. The third kappa shape index (κ3) is 5.59. The van der Waals surface area contributed by atoms with E-state index in [0.717, 1.165) is 71.9 Å². The molecule has 0 N–H and O–H groups in total. The first-order valence-electron chi connectivity index (χ1n) is 17.5. The van der Waals surface area contributed by atoms with Crippen LogP contribution in [0.3, 0.4) is 0 Å². The van der Waals surface area contributed by atoms with Crippen LogP contribution in [0.25, 0.3) is 101 Å². The van der Waals surface area contributed by atoms with E-state index in [1.54, 1.807) is 6.33 Å². The van der Waals surface area contributed by atoms with Gasteiger partial charge in [-0.25, -0.2) is 24.9 Å². The molecule has 10 rings (SSSR count). The molecule has 53 heavy (non-hydrogen) atoms. The number of benzene rings is 7. The zero-order valence-corrected chi connectivity index (χ0v) is 28.4. The second-order valence-electron chi connectivity index (χ2n) is 12.9. The van der Waals surface area contributed by atoms with Crippen LogP contribution >= 0.6 is 0 Å². The van der Waals surface area contributed by atoms with Gasteiger partial charge in [-0.2, -0.15) is 0 Å². The lowest BCUT2D eigenvalue weighted by Gasteiger charge is -2.10. The Morgan fingerprint density at radius 3 is 1.57 bits per heavy atom. The predicted octanol–water partition coefficient (Wildman–Crippen LogP) is 11.7. The van der Waals surface area contributed by atoms with Crippen molar-refractivity contribution in [1.82, 2.24) is 24.9 Å². The SMILES string of the molecule is c1ccc(-c2ccc(-c3nc(-c4ccccc4)nc(-c4ccc(-c5cccc(-c6ncnc7c6oc6ccc8ccccc8c67)c5)cc4)n3)cc2)cc1. The largest absolute Gasteiger partial charge is 0.452 e. The number of furan rings is 1. The molecule has 3 heterocycles. The molecule has 10 aromatic rings. The van der Waals surface area contributed by atoms with E-state index < -0.39 is 0 Å². The van der Waals surface area contributed by atoms with Crippen LogP contribution in [0.15, 0.2) is 181 Å². The van der Waals surface area contributed by atoms with E-state index in [9.17, 15) is 0 Å². The molecule has 0 aliphatic rings. The van der Waals surface area contributed by atoms with Gasteiger partial charge in [0, 0.05) is 22.3 Å². The van der Waals surface area contributed by atoms with Crippen LogP contribution in [0.2, 0.25) is 0 Å². The summed E-state index contributed by atoms with van der Waals surface area (Å²) in [6, 6.07) is 57.9. The second kappa shape index (κ2) is 12.8. The highest BCUT2D eigenvalue weighted by Gasteiger charge is 2.18. The molecule has 0 aliphatic carbocycles. The molecule has 248 valence electrons. The number of hydrogen-bond acceptors (Lipinski definition) is 6. The summed E-state index contributed by atoms with van der Waals surface area (Å²) in [5.74, 6) is 1.87. The Morgan fingerprint density at radius 2 is 0.887 bits per heavy atom. The molecule has 0 radical (unpaired) electrons. The Bertz CT molecular complexity index is 2920. The van der Waals surface area contributed by atoms with Gasteiger partial charge in [0.2, 0.25) is 0 Å². The topological polar surface area (TPSA) is 77.6 Å². The van der Waals surface area contributed by atoms with Gasteiger partial charge in [-0.05, 0) is 45.2 Å². The Kier molecular flexibility index (Phi) is 7.36. The van der Waals surface area contributed by atoms with Crippen molar-refractivity contribution in [2.75, 3.05) is 0 Å². The van der Waals surface area contributed by atoms with E-state index >= 15 is 0 Å². The molecule has 0 amide bonds. The van der Waals surface area contributed by atoms with Gasteiger partial charge in [0.05, 0.1) is 5.39 Å². The van der Waals surface area contributed by atoms with Crippen LogP contribution < -0.4 is 0 Å². The Labute approximate surface area is 305 Å². The van der Waals surface area contributed by atoms with Crippen molar-refractivity contribution >= 4 is 32.8 Å². The molecule has 0 unspecified atom stereocenters. The first-order chi connectivity index (χ1) is 26.2.